The van der Waals surface area contributed by atoms with Gasteiger partial charge in [0.05, 0.1) is 13.2 Å². The Bertz CT molecular complexity index is 350. The van der Waals surface area contributed by atoms with Crippen LogP contribution in [0, 0.1) is 0 Å². The van der Waals surface area contributed by atoms with Gasteiger partial charge in [-0.05, 0) is 36.6 Å². The number of likely N-dealkylation sites (N-methyl/N-ethyl adjacent to an activating group) is 1. The van der Waals surface area contributed by atoms with Gasteiger partial charge in [-0.15, -0.1) is 0 Å². The summed E-state index contributed by atoms with van der Waals surface area (Å²) in [5, 5.41) is 12.7. The first-order valence-electron chi connectivity index (χ1n) is 6.08. The fourth-order valence-electron chi connectivity index (χ4n) is 1.94. The predicted octanol–water partition coefficient (Wildman–Crippen LogP) is 1.94. The molecule has 0 fully saturated rings. The summed E-state index contributed by atoms with van der Waals surface area (Å²) >= 11 is 0. The Labute approximate surface area is 104 Å². The third-order valence-electron chi connectivity index (χ3n) is 2.83. The zero-order chi connectivity index (χ0) is 12.8. The maximum Gasteiger partial charge on any atom is 0.122 e. The summed E-state index contributed by atoms with van der Waals surface area (Å²) in [6, 6.07) is 6.13. The Morgan fingerprint density at radius 3 is 2.59 bits per heavy atom. The molecule has 3 heteroatoms. The monoisotopic (exact) mass is 237 g/mol. The van der Waals surface area contributed by atoms with Crippen molar-refractivity contribution in [2.45, 2.75) is 32.3 Å². The average Bonchev–Trinajstić information content (AvgIpc) is 2.29. The van der Waals surface area contributed by atoms with Crippen molar-refractivity contribution < 1.29 is 9.84 Å². The summed E-state index contributed by atoms with van der Waals surface area (Å²) in [6.45, 7) is 4.90. The molecule has 0 saturated carbocycles. The van der Waals surface area contributed by atoms with E-state index in [-0.39, 0.29) is 6.10 Å². The predicted molar refractivity (Wildman–Crippen MR) is 70.7 cm³/mol. The van der Waals surface area contributed by atoms with Crippen molar-refractivity contribution in [1.82, 2.24) is 5.32 Å². The van der Waals surface area contributed by atoms with E-state index in [0.29, 0.717) is 18.9 Å². The van der Waals surface area contributed by atoms with E-state index in [1.165, 1.54) is 5.56 Å². The lowest BCUT2D eigenvalue weighted by molar-refractivity contribution is 0.174. The van der Waals surface area contributed by atoms with E-state index in [2.05, 4.69) is 25.2 Å². The van der Waals surface area contributed by atoms with Gasteiger partial charge in [0.2, 0.25) is 0 Å². The number of nitrogens with one attached hydrogen (secondary N) is 1. The van der Waals surface area contributed by atoms with E-state index in [4.69, 9.17) is 4.74 Å². The van der Waals surface area contributed by atoms with Crippen LogP contribution in [0.4, 0.5) is 0 Å². The highest BCUT2D eigenvalue weighted by Crippen LogP contribution is 2.27. The number of rotatable bonds is 6. The third-order valence-corrected chi connectivity index (χ3v) is 2.83. The highest BCUT2D eigenvalue weighted by molar-refractivity contribution is 5.39. The molecule has 0 aliphatic rings. The van der Waals surface area contributed by atoms with Gasteiger partial charge in [-0.1, -0.05) is 26.0 Å². The summed E-state index contributed by atoms with van der Waals surface area (Å²) in [5.41, 5.74) is 2.35. The van der Waals surface area contributed by atoms with Gasteiger partial charge < -0.3 is 15.2 Å². The number of hydrogen-bond donors (Lipinski definition) is 2. The minimum Gasteiger partial charge on any atom is -0.496 e. The Morgan fingerprint density at radius 1 is 1.35 bits per heavy atom. The van der Waals surface area contributed by atoms with Crippen molar-refractivity contribution in [3.63, 3.8) is 0 Å². The van der Waals surface area contributed by atoms with Gasteiger partial charge >= 0.3 is 0 Å². The number of ether oxygens (including phenoxy) is 1. The van der Waals surface area contributed by atoms with Crippen molar-refractivity contribution in [2.75, 3.05) is 20.7 Å². The van der Waals surface area contributed by atoms with Crippen LogP contribution in [0.15, 0.2) is 18.2 Å². The molecule has 0 saturated heterocycles. The molecule has 0 heterocycles. The summed E-state index contributed by atoms with van der Waals surface area (Å²) < 4.78 is 5.34. The summed E-state index contributed by atoms with van der Waals surface area (Å²) in [6.07, 6.45) is 0.332. The number of methoxy groups -OCH3 is 1. The van der Waals surface area contributed by atoms with E-state index in [9.17, 15) is 5.11 Å². The fraction of sp³-hybridized carbons (Fsp3) is 0.571. The zero-order valence-corrected chi connectivity index (χ0v) is 11.2. The van der Waals surface area contributed by atoms with Gasteiger partial charge in [-0.3, -0.25) is 0 Å². The Kier molecular flexibility index (Phi) is 5.45. The van der Waals surface area contributed by atoms with Crippen LogP contribution in [-0.4, -0.2) is 31.9 Å². The Balaban J connectivity index is 2.84. The van der Waals surface area contributed by atoms with Crippen LogP contribution < -0.4 is 10.1 Å². The van der Waals surface area contributed by atoms with Crippen LogP contribution in [0.3, 0.4) is 0 Å². The van der Waals surface area contributed by atoms with Crippen LogP contribution >= 0.6 is 0 Å². The largest absolute Gasteiger partial charge is 0.496 e. The minimum absolute atomic E-state index is 0.339. The molecule has 0 aromatic heterocycles. The van der Waals surface area contributed by atoms with Gasteiger partial charge in [0.1, 0.15) is 5.75 Å². The van der Waals surface area contributed by atoms with Crippen LogP contribution in [0.1, 0.15) is 30.9 Å². The van der Waals surface area contributed by atoms with E-state index < -0.39 is 0 Å². The number of benzene rings is 1. The van der Waals surface area contributed by atoms with Crippen LogP contribution in [0.25, 0.3) is 0 Å². The van der Waals surface area contributed by atoms with Crippen LogP contribution in [0.5, 0.6) is 5.75 Å². The first-order valence-corrected chi connectivity index (χ1v) is 6.08. The normalized spacial score (nSPS) is 12.8. The van der Waals surface area contributed by atoms with E-state index >= 15 is 0 Å². The van der Waals surface area contributed by atoms with Crippen LogP contribution in [-0.2, 0) is 6.42 Å². The number of aliphatic hydroxyl groups is 1. The van der Waals surface area contributed by atoms with Crippen molar-refractivity contribution in [3.05, 3.63) is 29.3 Å². The van der Waals surface area contributed by atoms with Crippen molar-refractivity contribution >= 4 is 0 Å². The summed E-state index contributed by atoms with van der Waals surface area (Å²) in [7, 11) is 3.54. The molecule has 1 aromatic rings. The quantitative estimate of drug-likeness (QED) is 0.794. The van der Waals surface area contributed by atoms with Gasteiger partial charge in [-0.2, -0.15) is 0 Å². The van der Waals surface area contributed by atoms with Crippen molar-refractivity contribution in [3.8, 4) is 5.75 Å². The molecular weight excluding hydrogens is 214 g/mol. The van der Waals surface area contributed by atoms with E-state index in [1.807, 2.05) is 19.2 Å². The standard InChI is InChI=1S/C14H23NO2/c1-10(2)13-8-11(5-6-14(13)17-4)7-12(16)9-15-3/h5-6,8,10,12,15-16H,7,9H2,1-4H3. The molecule has 0 spiro atoms. The van der Waals surface area contributed by atoms with E-state index in [0.717, 1.165) is 11.3 Å². The SMILES string of the molecule is CNCC(O)Cc1ccc(OC)c(C(C)C)c1. The molecule has 0 aliphatic carbocycles. The maximum absolute atomic E-state index is 9.76. The second-order valence-corrected chi connectivity index (χ2v) is 4.65. The van der Waals surface area contributed by atoms with Crippen LogP contribution in [0.2, 0.25) is 0 Å². The molecule has 3 nitrogen and oxygen atoms in total. The average molecular weight is 237 g/mol. The highest BCUT2D eigenvalue weighted by Gasteiger charge is 2.10. The lowest BCUT2D eigenvalue weighted by Gasteiger charge is -2.15. The molecule has 1 atom stereocenters. The second kappa shape index (κ2) is 6.62. The molecular formula is C14H23NO2. The van der Waals surface area contributed by atoms with Gasteiger partial charge in [0, 0.05) is 6.54 Å². The van der Waals surface area contributed by atoms with Gasteiger partial charge in [0.15, 0.2) is 0 Å². The van der Waals surface area contributed by atoms with Crippen molar-refractivity contribution in [2.24, 2.45) is 0 Å². The summed E-state index contributed by atoms with van der Waals surface area (Å²) in [5.74, 6) is 1.35. The molecule has 2 N–H and O–H groups in total. The lowest BCUT2D eigenvalue weighted by Crippen LogP contribution is -2.25. The van der Waals surface area contributed by atoms with Gasteiger partial charge in [-0.25, -0.2) is 0 Å². The Hall–Kier alpha value is -1.06. The Morgan fingerprint density at radius 2 is 2.06 bits per heavy atom. The molecule has 0 radical (unpaired) electrons. The number of hydrogen-bond acceptors (Lipinski definition) is 3. The molecule has 1 rings (SSSR count). The zero-order valence-electron chi connectivity index (χ0n) is 11.2. The van der Waals surface area contributed by atoms with Gasteiger partial charge in [0.25, 0.3) is 0 Å². The molecule has 0 amide bonds. The first-order chi connectivity index (χ1) is 8.08. The smallest absolute Gasteiger partial charge is 0.122 e. The molecule has 1 unspecified atom stereocenters. The lowest BCUT2D eigenvalue weighted by atomic mass is 9.97. The minimum atomic E-state index is -0.339. The molecule has 17 heavy (non-hydrogen) atoms. The second-order valence-electron chi connectivity index (χ2n) is 4.65. The van der Waals surface area contributed by atoms with Crippen molar-refractivity contribution in [1.29, 1.82) is 0 Å². The van der Waals surface area contributed by atoms with E-state index in [1.54, 1.807) is 7.11 Å². The maximum atomic E-state index is 9.76. The number of aliphatic hydroxyl groups excluding tert-OH is 1. The fourth-order valence-corrected chi connectivity index (χ4v) is 1.94. The first kappa shape index (κ1) is 14.0. The molecule has 96 valence electrons. The summed E-state index contributed by atoms with van der Waals surface area (Å²) in [4.78, 5) is 0. The third kappa shape index (κ3) is 4.02. The molecule has 1 aromatic carbocycles. The highest BCUT2D eigenvalue weighted by atomic mass is 16.5. The molecule has 0 bridgehead atoms. The molecule has 0 aliphatic heterocycles. The topological polar surface area (TPSA) is 41.5 Å².